The van der Waals surface area contributed by atoms with E-state index in [0.717, 1.165) is 0 Å². The number of carbonyl (C=O) groups is 1. The first kappa shape index (κ1) is 12.0. The van der Waals surface area contributed by atoms with Crippen molar-refractivity contribution in [2.24, 2.45) is 0 Å². The third kappa shape index (κ3) is 2.46. The predicted octanol–water partition coefficient (Wildman–Crippen LogP) is 2.98. The SMILES string of the molecule is CC(C)(C)OC(=O)n1nc(Br)c2ncccc21. The van der Waals surface area contributed by atoms with E-state index in [2.05, 4.69) is 26.0 Å². The van der Waals surface area contributed by atoms with Crippen LogP contribution in [0.25, 0.3) is 11.0 Å². The fourth-order valence-corrected chi connectivity index (χ4v) is 1.82. The summed E-state index contributed by atoms with van der Waals surface area (Å²) >= 11 is 3.26. The Morgan fingerprint density at radius 1 is 1.47 bits per heavy atom. The number of carbonyl (C=O) groups excluding carboxylic acids is 1. The molecule has 0 bridgehead atoms. The van der Waals surface area contributed by atoms with Crippen molar-refractivity contribution in [2.75, 3.05) is 0 Å². The van der Waals surface area contributed by atoms with Crippen LogP contribution in [0.4, 0.5) is 4.79 Å². The lowest BCUT2D eigenvalue weighted by molar-refractivity contribution is 0.0522. The van der Waals surface area contributed by atoms with E-state index < -0.39 is 11.7 Å². The van der Waals surface area contributed by atoms with Crippen molar-refractivity contribution >= 4 is 33.1 Å². The third-order valence-electron chi connectivity index (χ3n) is 1.96. The largest absolute Gasteiger partial charge is 0.442 e. The van der Waals surface area contributed by atoms with Crippen molar-refractivity contribution in [3.63, 3.8) is 0 Å². The van der Waals surface area contributed by atoms with Crippen molar-refractivity contribution in [2.45, 2.75) is 26.4 Å². The molecule has 0 aliphatic heterocycles. The molecule has 0 unspecified atom stereocenters. The minimum atomic E-state index is -0.552. The van der Waals surface area contributed by atoms with Crippen LogP contribution in [0.5, 0.6) is 0 Å². The summed E-state index contributed by atoms with van der Waals surface area (Å²) in [4.78, 5) is 16.1. The molecule has 0 saturated heterocycles. The Hall–Kier alpha value is -1.43. The molecule has 0 amide bonds. The van der Waals surface area contributed by atoms with Gasteiger partial charge in [0.25, 0.3) is 0 Å². The molecule has 0 atom stereocenters. The standard InChI is InChI=1S/C11H12BrN3O2/c1-11(2,3)17-10(16)15-7-5-4-6-13-8(7)9(12)14-15/h4-6H,1-3H3. The number of ether oxygens (including phenoxy) is 1. The fourth-order valence-electron chi connectivity index (χ4n) is 1.36. The Kier molecular flexibility index (Phi) is 2.91. The Morgan fingerprint density at radius 3 is 2.82 bits per heavy atom. The van der Waals surface area contributed by atoms with E-state index in [1.54, 1.807) is 18.3 Å². The zero-order valence-electron chi connectivity index (χ0n) is 9.77. The highest BCUT2D eigenvalue weighted by molar-refractivity contribution is 9.10. The number of nitrogens with zero attached hydrogens (tertiary/aromatic N) is 3. The third-order valence-corrected chi connectivity index (χ3v) is 2.50. The van der Waals surface area contributed by atoms with Crippen LogP contribution in [0.15, 0.2) is 22.9 Å². The van der Waals surface area contributed by atoms with Gasteiger partial charge in [0, 0.05) is 6.20 Å². The molecule has 0 aliphatic carbocycles. The highest BCUT2D eigenvalue weighted by Gasteiger charge is 2.21. The summed E-state index contributed by atoms with van der Waals surface area (Å²) in [5.41, 5.74) is 0.705. The molecule has 2 rings (SSSR count). The minimum Gasteiger partial charge on any atom is -0.442 e. The second kappa shape index (κ2) is 4.10. The minimum absolute atomic E-state index is 0.513. The number of aromatic nitrogens is 3. The zero-order chi connectivity index (χ0) is 12.6. The van der Waals surface area contributed by atoms with Crippen molar-refractivity contribution in [3.8, 4) is 0 Å². The summed E-state index contributed by atoms with van der Waals surface area (Å²) in [6.45, 7) is 5.43. The quantitative estimate of drug-likeness (QED) is 0.750. The molecule has 0 aliphatic rings. The van der Waals surface area contributed by atoms with Crippen molar-refractivity contribution in [3.05, 3.63) is 22.9 Å². The Balaban J connectivity index is 2.46. The van der Waals surface area contributed by atoms with E-state index in [4.69, 9.17) is 4.74 Å². The molecule has 90 valence electrons. The number of pyridine rings is 1. The smallest absolute Gasteiger partial charge is 0.435 e. The van der Waals surface area contributed by atoms with E-state index in [9.17, 15) is 4.79 Å². The van der Waals surface area contributed by atoms with E-state index in [0.29, 0.717) is 15.6 Å². The maximum absolute atomic E-state index is 11.9. The molecule has 2 aromatic heterocycles. The first-order valence-electron chi connectivity index (χ1n) is 5.11. The Labute approximate surface area is 107 Å². The van der Waals surface area contributed by atoms with E-state index >= 15 is 0 Å². The molecule has 0 N–H and O–H groups in total. The summed E-state index contributed by atoms with van der Waals surface area (Å²) in [6.07, 6.45) is 1.13. The van der Waals surface area contributed by atoms with Crippen LogP contribution in [-0.2, 0) is 4.74 Å². The molecule has 6 heteroatoms. The molecule has 0 aromatic carbocycles. The lowest BCUT2D eigenvalue weighted by atomic mass is 10.2. The van der Waals surface area contributed by atoms with Gasteiger partial charge < -0.3 is 4.74 Å². The zero-order valence-corrected chi connectivity index (χ0v) is 11.4. The number of rotatable bonds is 0. The maximum Gasteiger partial charge on any atom is 0.435 e. The number of fused-ring (bicyclic) bond motifs is 1. The molecule has 17 heavy (non-hydrogen) atoms. The topological polar surface area (TPSA) is 57.0 Å². The molecular weight excluding hydrogens is 286 g/mol. The van der Waals surface area contributed by atoms with Crippen LogP contribution in [0.1, 0.15) is 20.8 Å². The number of halogens is 1. The number of hydrogen-bond donors (Lipinski definition) is 0. The first-order chi connectivity index (χ1) is 7.88. The van der Waals surface area contributed by atoms with Gasteiger partial charge in [0.15, 0.2) is 4.60 Å². The molecular formula is C11H12BrN3O2. The molecule has 0 spiro atoms. The highest BCUT2D eigenvalue weighted by Crippen LogP contribution is 2.21. The van der Waals surface area contributed by atoms with Crippen LogP contribution < -0.4 is 0 Å². The monoisotopic (exact) mass is 297 g/mol. The number of hydrogen-bond acceptors (Lipinski definition) is 4. The van der Waals surface area contributed by atoms with Crippen molar-refractivity contribution < 1.29 is 9.53 Å². The summed E-state index contributed by atoms with van der Waals surface area (Å²) in [6, 6.07) is 3.52. The predicted molar refractivity (Wildman–Crippen MR) is 66.9 cm³/mol. The summed E-state index contributed by atoms with van der Waals surface area (Å²) in [5, 5.41) is 4.07. The van der Waals surface area contributed by atoms with Gasteiger partial charge in [0.05, 0.1) is 0 Å². The molecule has 0 fully saturated rings. The second-order valence-corrected chi connectivity index (χ2v) is 5.31. The van der Waals surface area contributed by atoms with Crippen LogP contribution in [0.3, 0.4) is 0 Å². The van der Waals surface area contributed by atoms with Gasteiger partial charge in [-0.2, -0.15) is 9.78 Å². The van der Waals surface area contributed by atoms with Crippen LogP contribution >= 0.6 is 15.9 Å². The van der Waals surface area contributed by atoms with Gasteiger partial charge in [-0.15, -0.1) is 0 Å². The average molecular weight is 298 g/mol. The molecule has 2 aromatic rings. The highest BCUT2D eigenvalue weighted by atomic mass is 79.9. The first-order valence-corrected chi connectivity index (χ1v) is 5.90. The van der Waals surface area contributed by atoms with E-state index in [-0.39, 0.29) is 0 Å². The summed E-state index contributed by atoms with van der Waals surface area (Å²) in [7, 11) is 0. The van der Waals surface area contributed by atoms with Gasteiger partial charge in [0.2, 0.25) is 0 Å². The molecule has 0 saturated carbocycles. The molecule has 5 nitrogen and oxygen atoms in total. The van der Waals surface area contributed by atoms with E-state index in [1.807, 2.05) is 20.8 Å². The normalized spacial score (nSPS) is 11.8. The van der Waals surface area contributed by atoms with Crippen molar-refractivity contribution in [1.82, 2.24) is 14.8 Å². The lowest BCUT2D eigenvalue weighted by Gasteiger charge is -2.19. The molecule has 0 radical (unpaired) electrons. The second-order valence-electron chi connectivity index (χ2n) is 4.55. The Bertz CT molecular complexity index is 572. The van der Waals surface area contributed by atoms with Gasteiger partial charge >= 0.3 is 6.09 Å². The van der Waals surface area contributed by atoms with Crippen LogP contribution in [0, 0.1) is 0 Å². The van der Waals surface area contributed by atoms with Crippen molar-refractivity contribution in [1.29, 1.82) is 0 Å². The Morgan fingerprint density at radius 2 is 2.18 bits per heavy atom. The molecule has 2 heterocycles. The average Bonchev–Trinajstić information content (AvgIpc) is 2.55. The fraction of sp³-hybridized carbons (Fsp3) is 0.364. The summed E-state index contributed by atoms with van der Waals surface area (Å²) < 4.78 is 6.99. The van der Waals surface area contributed by atoms with Gasteiger partial charge in [-0.1, -0.05) is 0 Å². The van der Waals surface area contributed by atoms with Crippen LogP contribution in [0.2, 0.25) is 0 Å². The van der Waals surface area contributed by atoms with Gasteiger partial charge in [0.1, 0.15) is 16.6 Å². The van der Waals surface area contributed by atoms with Crippen LogP contribution in [-0.4, -0.2) is 26.5 Å². The van der Waals surface area contributed by atoms with E-state index in [1.165, 1.54) is 4.68 Å². The van der Waals surface area contributed by atoms with Gasteiger partial charge in [-0.25, -0.2) is 4.79 Å². The maximum atomic E-state index is 11.9. The van der Waals surface area contributed by atoms with Gasteiger partial charge in [-0.3, -0.25) is 4.98 Å². The van der Waals surface area contributed by atoms with Gasteiger partial charge in [-0.05, 0) is 48.8 Å². The summed E-state index contributed by atoms with van der Waals surface area (Å²) in [5.74, 6) is 0. The lowest BCUT2D eigenvalue weighted by Crippen LogP contribution is -2.27.